The summed E-state index contributed by atoms with van der Waals surface area (Å²) in [4.78, 5) is 0. The zero-order chi connectivity index (χ0) is 15.7. The third kappa shape index (κ3) is 2.87. The van der Waals surface area contributed by atoms with Gasteiger partial charge in [-0.3, -0.25) is 0 Å². The molecule has 0 heterocycles. The zero-order valence-electron chi connectivity index (χ0n) is 14.4. The van der Waals surface area contributed by atoms with Crippen molar-refractivity contribution in [3.8, 4) is 6.07 Å². The monoisotopic (exact) mass is 291 g/mol. The molecule has 2 rings (SSSR count). The minimum Gasteiger partial charge on any atom is -0.388 e. The summed E-state index contributed by atoms with van der Waals surface area (Å²) in [7, 11) is 0. The van der Waals surface area contributed by atoms with E-state index in [1.165, 1.54) is 12.8 Å². The summed E-state index contributed by atoms with van der Waals surface area (Å²) in [6, 6.07) is 2.63. The van der Waals surface area contributed by atoms with Gasteiger partial charge in [0.15, 0.2) is 0 Å². The molecule has 2 saturated carbocycles. The van der Waals surface area contributed by atoms with Gasteiger partial charge >= 0.3 is 0 Å². The van der Waals surface area contributed by atoms with Gasteiger partial charge < -0.3 is 5.11 Å². The molecular formula is C19H33NO. The molecule has 0 bridgehead atoms. The van der Waals surface area contributed by atoms with E-state index in [0.717, 1.165) is 44.4 Å². The molecule has 0 aliphatic heterocycles. The predicted octanol–water partition coefficient (Wildman–Crippen LogP) is 4.92. The van der Waals surface area contributed by atoms with Crippen LogP contribution >= 0.6 is 0 Å². The van der Waals surface area contributed by atoms with Crippen molar-refractivity contribution in [1.82, 2.24) is 0 Å². The molecule has 21 heavy (non-hydrogen) atoms. The summed E-state index contributed by atoms with van der Waals surface area (Å²) >= 11 is 0. The molecule has 0 aromatic heterocycles. The Hall–Kier alpha value is -0.550. The standard InChI is InChI=1S/C19H33NO/c1-5-16-8-10-18(13-20,11-9-16)19(21)12-15(4)6-7-17(19)14(2)3/h14-17,21H,5-12H2,1-4H3. The van der Waals surface area contributed by atoms with Crippen LogP contribution in [0.3, 0.4) is 0 Å². The smallest absolute Gasteiger partial charge is 0.0866 e. The lowest BCUT2D eigenvalue weighted by atomic mass is 9.52. The fourth-order valence-corrected chi connectivity index (χ4v) is 5.14. The van der Waals surface area contributed by atoms with E-state index in [2.05, 4.69) is 33.8 Å². The van der Waals surface area contributed by atoms with Gasteiger partial charge in [0, 0.05) is 0 Å². The third-order valence-electron chi connectivity index (χ3n) is 6.63. The molecule has 2 fully saturated rings. The Morgan fingerprint density at radius 3 is 2.29 bits per heavy atom. The highest BCUT2D eigenvalue weighted by atomic mass is 16.3. The fraction of sp³-hybridized carbons (Fsp3) is 0.947. The second kappa shape index (κ2) is 6.29. The molecule has 0 radical (unpaired) electrons. The van der Waals surface area contributed by atoms with Gasteiger partial charge in [-0.1, -0.05) is 40.5 Å². The van der Waals surface area contributed by atoms with Crippen LogP contribution in [0.15, 0.2) is 0 Å². The average Bonchev–Trinajstić information content (AvgIpc) is 2.46. The van der Waals surface area contributed by atoms with Crippen molar-refractivity contribution in [1.29, 1.82) is 5.26 Å². The summed E-state index contributed by atoms with van der Waals surface area (Å²) in [6.45, 7) is 8.92. The molecule has 2 aliphatic rings. The van der Waals surface area contributed by atoms with Gasteiger partial charge in [0.25, 0.3) is 0 Å². The molecule has 2 nitrogen and oxygen atoms in total. The van der Waals surface area contributed by atoms with Crippen molar-refractivity contribution in [2.24, 2.45) is 29.1 Å². The quantitative estimate of drug-likeness (QED) is 0.802. The van der Waals surface area contributed by atoms with Gasteiger partial charge in [0.1, 0.15) is 0 Å². The Kier molecular flexibility index (Phi) is 5.03. The predicted molar refractivity (Wildman–Crippen MR) is 86.6 cm³/mol. The van der Waals surface area contributed by atoms with E-state index < -0.39 is 11.0 Å². The van der Waals surface area contributed by atoms with Crippen LogP contribution in [-0.4, -0.2) is 10.7 Å². The van der Waals surface area contributed by atoms with E-state index in [4.69, 9.17) is 0 Å². The summed E-state index contributed by atoms with van der Waals surface area (Å²) in [6.07, 6.45) is 8.34. The van der Waals surface area contributed by atoms with Gasteiger partial charge in [0.05, 0.1) is 17.1 Å². The summed E-state index contributed by atoms with van der Waals surface area (Å²) in [5.74, 6) is 2.04. The first-order valence-electron chi connectivity index (χ1n) is 9.02. The number of rotatable bonds is 3. The molecule has 0 aromatic rings. The van der Waals surface area contributed by atoms with Crippen LogP contribution in [0.2, 0.25) is 0 Å². The molecule has 3 unspecified atom stereocenters. The van der Waals surface area contributed by atoms with Crippen molar-refractivity contribution < 1.29 is 5.11 Å². The largest absolute Gasteiger partial charge is 0.388 e. The summed E-state index contributed by atoms with van der Waals surface area (Å²) in [5, 5.41) is 21.7. The van der Waals surface area contributed by atoms with Crippen LogP contribution in [-0.2, 0) is 0 Å². The van der Waals surface area contributed by atoms with Crippen LogP contribution in [0.1, 0.15) is 79.1 Å². The maximum atomic E-state index is 11.7. The number of nitrogens with zero attached hydrogens (tertiary/aromatic N) is 1. The van der Waals surface area contributed by atoms with Crippen LogP contribution in [0.5, 0.6) is 0 Å². The molecule has 2 heteroatoms. The maximum Gasteiger partial charge on any atom is 0.0866 e. The Bertz CT molecular complexity index is 389. The Labute approximate surface area is 130 Å². The second-order valence-corrected chi connectivity index (χ2v) is 8.21. The summed E-state index contributed by atoms with van der Waals surface area (Å²) in [5.41, 5.74) is -1.27. The number of hydrogen-bond acceptors (Lipinski definition) is 2. The first kappa shape index (κ1) is 16.8. The van der Waals surface area contributed by atoms with Crippen LogP contribution in [0, 0.1) is 40.4 Å². The van der Waals surface area contributed by atoms with E-state index in [0.29, 0.717) is 11.8 Å². The molecule has 120 valence electrons. The van der Waals surface area contributed by atoms with Crippen LogP contribution in [0.25, 0.3) is 0 Å². The lowest BCUT2D eigenvalue weighted by Gasteiger charge is -2.55. The van der Waals surface area contributed by atoms with E-state index in [1.807, 2.05) is 0 Å². The Balaban J connectivity index is 2.31. The maximum absolute atomic E-state index is 11.7. The Morgan fingerprint density at radius 1 is 1.19 bits per heavy atom. The van der Waals surface area contributed by atoms with Crippen molar-refractivity contribution in [3.05, 3.63) is 0 Å². The highest BCUT2D eigenvalue weighted by Crippen LogP contribution is 2.56. The van der Waals surface area contributed by atoms with E-state index in [-0.39, 0.29) is 5.92 Å². The lowest BCUT2D eigenvalue weighted by Crippen LogP contribution is -2.58. The minimum absolute atomic E-state index is 0.284. The van der Waals surface area contributed by atoms with Crippen LogP contribution in [0.4, 0.5) is 0 Å². The topological polar surface area (TPSA) is 44.0 Å². The second-order valence-electron chi connectivity index (χ2n) is 8.21. The van der Waals surface area contributed by atoms with E-state index in [9.17, 15) is 10.4 Å². The molecule has 0 amide bonds. The normalized spacial score (nSPS) is 44.5. The number of aliphatic hydroxyl groups is 1. The average molecular weight is 291 g/mol. The van der Waals surface area contributed by atoms with Gasteiger partial charge in [-0.05, 0) is 62.2 Å². The molecule has 0 saturated heterocycles. The fourth-order valence-electron chi connectivity index (χ4n) is 5.14. The van der Waals surface area contributed by atoms with Crippen molar-refractivity contribution in [2.45, 2.75) is 84.7 Å². The highest BCUT2D eigenvalue weighted by Gasteiger charge is 2.58. The van der Waals surface area contributed by atoms with Crippen molar-refractivity contribution >= 4 is 0 Å². The minimum atomic E-state index is -0.772. The molecule has 0 aromatic carbocycles. The van der Waals surface area contributed by atoms with Gasteiger partial charge in [-0.2, -0.15) is 5.26 Å². The van der Waals surface area contributed by atoms with Gasteiger partial charge in [-0.15, -0.1) is 0 Å². The Morgan fingerprint density at radius 2 is 1.81 bits per heavy atom. The summed E-state index contributed by atoms with van der Waals surface area (Å²) < 4.78 is 0. The van der Waals surface area contributed by atoms with E-state index in [1.54, 1.807) is 0 Å². The zero-order valence-corrected chi connectivity index (χ0v) is 14.4. The first-order chi connectivity index (χ1) is 9.88. The molecule has 2 aliphatic carbocycles. The SMILES string of the molecule is CCC1CCC(C#N)(C2(O)CC(C)CCC2C(C)C)CC1. The molecular weight excluding hydrogens is 258 g/mol. The van der Waals surface area contributed by atoms with Gasteiger partial charge in [-0.25, -0.2) is 0 Å². The first-order valence-corrected chi connectivity index (χ1v) is 9.02. The van der Waals surface area contributed by atoms with Crippen molar-refractivity contribution in [3.63, 3.8) is 0 Å². The molecule has 0 spiro atoms. The van der Waals surface area contributed by atoms with Crippen molar-refractivity contribution in [2.75, 3.05) is 0 Å². The number of nitriles is 1. The van der Waals surface area contributed by atoms with Gasteiger partial charge in [0.2, 0.25) is 0 Å². The lowest BCUT2D eigenvalue weighted by molar-refractivity contribution is -0.161. The van der Waals surface area contributed by atoms with Crippen LogP contribution < -0.4 is 0 Å². The molecule has 3 atom stereocenters. The van der Waals surface area contributed by atoms with E-state index >= 15 is 0 Å². The third-order valence-corrected chi connectivity index (χ3v) is 6.63. The molecule has 1 N–H and O–H groups in total. The number of hydrogen-bond donors (Lipinski definition) is 1. The highest BCUT2D eigenvalue weighted by molar-refractivity contribution is 5.16.